The number of nitrogens with one attached hydrogen (secondary N) is 1. The summed E-state index contributed by atoms with van der Waals surface area (Å²) in [5, 5.41) is 13.9. The number of aryl methyl sites for hydroxylation is 1. The molecule has 34 heavy (non-hydrogen) atoms. The number of methoxy groups -OCH3 is 1. The number of hydrogen-bond donors (Lipinski definition) is 1. The lowest BCUT2D eigenvalue weighted by molar-refractivity contribution is 0.0526. The van der Waals surface area contributed by atoms with E-state index in [0.717, 1.165) is 38.9 Å². The molecule has 0 aliphatic carbocycles. The minimum Gasteiger partial charge on any atom is -0.479 e. The van der Waals surface area contributed by atoms with Crippen LogP contribution in [0.15, 0.2) is 61.2 Å². The molecule has 5 aromatic rings. The van der Waals surface area contributed by atoms with Gasteiger partial charge in [0.2, 0.25) is 5.88 Å². The maximum atomic E-state index is 12.4. The van der Waals surface area contributed by atoms with Crippen LogP contribution in [0.5, 0.6) is 5.88 Å². The van der Waals surface area contributed by atoms with Crippen LogP contribution in [0.3, 0.4) is 0 Å². The van der Waals surface area contributed by atoms with E-state index in [1.54, 1.807) is 43.4 Å². The summed E-state index contributed by atoms with van der Waals surface area (Å²) >= 11 is 0. The Kier molecular flexibility index (Phi) is 5.51. The lowest BCUT2D eigenvalue weighted by Crippen LogP contribution is -2.04. The highest BCUT2D eigenvalue weighted by Crippen LogP contribution is 2.42. The fourth-order valence-corrected chi connectivity index (χ4v) is 3.96. The summed E-state index contributed by atoms with van der Waals surface area (Å²) in [5.41, 5.74) is 6.17. The molecule has 0 bridgehead atoms. The van der Waals surface area contributed by atoms with Gasteiger partial charge in [-0.3, -0.25) is 9.67 Å². The van der Waals surface area contributed by atoms with Gasteiger partial charge in [-0.2, -0.15) is 5.10 Å². The first kappa shape index (κ1) is 21.3. The number of aromatic nitrogens is 6. The van der Waals surface area contributed by atoms with E-state index in [9.17, 15) is 4.79 Å². The van der Waals surface area contributed by atoms with Gasteiger partial charge in [0.15, 0.2) is 0 Å². The summed E-state index contributed by atoms with van der Waals surface area (Å²) in [6, 6.07) is 11.1. The molecule has 0 aliphatic rings. The molecule has 5 rings (SSSR count). The highest BCUT2D eigenvalue weighted by molar-refractivity contribution is 6.07. The number of carbonyl (C=O) groups is 1. The highest BCUT2D eigenvalue weighted by Gasteiger charge is 2.22. The third-order valence-corrected chi connectivity index (χ3v) is 5.50. The summed E-state index contributed by atoms with van der Waals surface area (Å²) in [6.07, 6.45) is 7.13. The summed E-state index contributed by atoms with van der Waals surface area (Å²) in [6.45, 7) is 2.09. The van der Waals surface area contributed by atoms with Crippen molar-refractivity contribution < 1.29 is 14.3 Å². The second-order valence-electron chi connectivity index (χ2n) is 7.65. The molecule has 0 saturated carbocycles. The van der Waals surface area contributed by atoms with Gasteiger partial charge in [-0.25, -0.2) is 4.79 Å². The summed E-state index contributed by atoms with van der Waals surface area (Å²) in [7, 11) is 3.42. The van der Waals surface area contributed by atoms with E-state index >= 15 is 0 Å². The summed E-state index contributed by atoms with van der Waals surface area (Å²) < 4.78 is 12.5. The fourth-order valence-electron chi connectivity index (χ4n) is 3.96. The standard InChI is InChI=1S/C25H22N6O3/c1-4-34-25(32)16-5-6-20-18(11-16)22(17-13-27-31(2)14-17)23(28-20)19-12-21(29-30-24(19)33-3)15-7-9-26-10-8-15/h5-14,28H,4H2,1-3H3. The molecule has 4 aromatic heterocycles. The molecular weight excluding hydrogens is 432 g/mol. The van der Waals surface area contributed by atoms with Gasteiger partial charge in [-0.15, -0.1) is 10.2 Å². The zero-order chi connectivity index (χ0) is 23.7. The Morgan fingerprint density at radius 1 is 1.09 bits per heavy atom. The minimum atomic E-state index is -0.368. The van der Waals surface area contributed by atoms with Crippen LogP contribution in [0.25, 0.3) is 44.5 Å². The molecule has 0 spiro atoms. The zero-order valence-corrected chi connectivity index (χ0v) is 18.9. The van der Waals surface area contributed by atoms with E-state index in [1.165, 1.54) is 0 Å². The van der Waals surface area contributed by atoms with E-state index < -0.39 is 0 Å². The van der Waals surface area contributed by atoms with Crippen LogP contribution in [0.4, 0.5) is 0 Å². The van der Waals surface area contributed by atoms with Crippen molar-refractivity contribution in [2.75, 3.05) is 13.7 Å². The Labute approximate surface area is 195 Å². The van der Waals surface area contributed by atoms with E-state index in [4.69, 9.17) is 9.47 Å². The van der Waals surface area contributed by atoms with Crippen LogP contribution in [0, 0.1) is 0 Å². The molecule has 1 N–H and O–H groups in total. The first-order valence-electron chi connectivity index (χ1n) is 10.7. The third-order valence-electron chi connectivity index (χ3n) is 5.50. The van der Waals surface area contributed by atoms with Gasteiger partial charge in [-0.1, -0.05) is 0 Å². The molecule has 170 valence electrons. The number of fused-ring (bicyclic) bond motifs is 1. The average molecular weight is 454 g/mol. The number of esters is 1. The maximum Gasteiger partial charge on any atom is 0.338 e. The maximum absolute atomic E-state index is 12.4. The summed E-state index contributed by atoms with van der Waals surface area (Å²) in [5.74, 6) is 0.00698. The Morgan fingerprint density at radius 3 is 2.62 bits per heavy atom. The van der Waals surface area contributed by atoms with Gasteiger partial charge in [0.1, 0.15) is 0 Å². The molecule has 0 amide bonds. The number of benzene rings is 1. The number of H-pyrrole nitrogens is 1. The third kappa shape index (κ3) is 3.77. The number of ether oxygens (including phenoxy) is 2. The van der Waals surface area contributed by atoms with Crippen LogP contribution in [-0.2, 0) is 11.8 Å². The quantitative estimate of drug-likeness (QED) is 0.382. The average Bonchev–Trinajstić information content (AvgIpc) is 3.46. The minimum absolute atomic E-state index is 0.308. The van der Waals surface area contributed by atoms with Crippen molar-refractivity contribution in [1.29, 1.82) is 0 Å². The van der Waals surface area contributed by atoms with Gasteiger partial charge in [0.05, 0.1) is 42.4 Å². The highest BCUT2D eigenvalue weighted by atomic mass is 16.5. The SMILES string of the molecule is CCOC(=O)c1ccc2[nH]c(-c3cc(-c4ccncc4)nnc3OC)c(-c3cnn(C)c3)c2c1. The largest absolute Gasteiger partial charge is 0.479 e. The Bertz CT molecular complexity index is 1490. The Balaban J connectivity index is 1.77. The number of hydrogen-bond acceptors (Lipinski definition) is 7. The number of rotatable bonds is 6. The second kappa shape index (κ2) is 8.78. The normalized spacial score (nSPS) is 11.0. The first-order valence-corrected chi connectivity index (χ1v) is 10.7. The molecule has 9 heteroatoms. The lowest BCUT2D eigenvalue weighted by Gasteiger charge is -2.10. The number of aromatic amines is 1. The molecule has 0 fully saturated rings. The van der Waals surface area contributed by atoms with Crippen molar-refractivity contribution in [2.24, 2.45) is 7.05 Å². The van der Waals surface area contributed by atoms with Crippen LogP contribution < -0.4 is 4.74 Å². The topological polar surface area (TPSA) is 108 Å². The van der Waals surface area contributed by atoms with E-state index in [0.29, 0.717) is 23.7 Å². The Hall–Kier alpha value is -4.53. The van der Waals surface area contributed by atoms with Crippen molar-refractivity contribution in [3.8, 4) is 39.5 Å². The van der Waals surface area contributed by atoms with Crippen molar-refractivity contribution in [1.82, 2.24) is 29.9 Å². The predicted octanol–water partition coefficient (Wildman–Crippen LogP) is 4.27. The van der Waals surface area contributed by atoms with Gasteiger partial charge in [-0.05, 0) is 43.3 Å². The monoisotopic (exact) mass is 454 g/mol. The predicted molar refractivity (Wildman–Crippen MR) is 127 cm³/mol. The van der Waals surface area contributed by atoms with Crippen LogP contribution >= 0.6 is 0 Å². The van der Waals surface area contributed by atoms with Crippen LogP contribution in [0.2, 0.25) is 0 Å². The molecule has 0 unspecified atom stereocenters. The van der Waals surface area contributed by atoms with Crippen molar-refractivity contribution in [2.45, 2.75) is 6.92 Å². The number of carbonyl (C=O) groups excluding carboxylic acids is 1. The van der Waals surface area contributed by atoms with Crippen molar-refractivity contribution in [3.05, 3.63) is 66.7 Å². The molecule has 0 atom stereocenters. The smallest absolute Gasteiger partial charge is 0.338 e. The van der Waals surface area contributed by atoms with Gasteiger partial charge < -0.3 is 14.5 Å². The second-order valence-corrected chi connectivity index (χ2v) is 7.65. The van der Waals surface area contributed by atoms with Crippen LogP contribution in [-0.4, -0.2) is 49.6 Å². The van der Waals surface area contributed by atoms with Crippen molar-refractivity contribution >= 4 is 16.9 Å². The van der Waals surface area contributed by atoms with Gasteiger partial charge in [0.25, 0.3) is 0 Å². The van der Waals surface area contributed by atoms with Gasteiger partial charge in [0, 0.05) is 53.2 Å². The molecule has 0 aliphatic heterocycles. The first-order chi connectivity index (χ1) is 16.6. The molecule has 0 radical (unpaired) electrons. The Morgan fingerprint density at radius 2 is 1.91 bits per heavy atom. The van der Waals surface area contributed by atoms with E-state index in [2.05, 4.69) is 25.3 Å². The number of nitrogens with zero attached hydrogens (tertiary/aromatic N) is 5. The number of pyridine rings is 1. The van der Waals surface area contributed by atoms with E-state index in [1.807, 2.05) is 43.6 Å². The molecule has 0 saturated heterocycles. The van der Waals surface area contributed by atoms with Gasteiger partial charge >= 0.3 is 5.97 Å². The molecule has 4 heterocycles. The molecule has 1 aromatic carbocycles. The van der Waals surface area contributed by atoms with Crippen LogP contribution in [0.1, 0.15) is 17.3 Å². The lowest BCUT2D eigenvalue weighted by atomic mass is 9.99. The van der Waals surface area contributed by atoms with Crippen molar-refractivity contribution in [3.63, 3.8) is 0 Å². The molecule has 9 nitrogen and oxygen atoms in total. The molecular formula is C25H22N6O3. The summed E-state index contributed by atoms with van der Waals surface area (Å²) in [4.78, 5) is 20.0. The van der Waals surface area contributed by atoms with E-state index in [-0.39, 0.29) is 5.97 Å². The zero-order valence-electron chi connectivity index (χ0n) is 18.9. The fraction of sp³-hybridized carbons (Fsp3) is 0.160.